The SMILES string of the molecule is CC(C)(C)N1CCOCC(C)(C(C)(C)C)C1. The van der Waals surface area contributed by atoms with Crippen LogP contribution in [0, 0.1) is 10.8 Å². The maximum Gasteiger partial charge on any atom is 0.0593 e. The molecule has 0 aliphatic carbocycles. The lowest BCUT2D eigenvalue weighted by molar-refractivity contribution is -0.00750. The van der Waals surface area contributed by atoms with Crippen LogP contribution < -0.4 is 0 Å². The van der Waals surface area contributed by atoms with E-state index in [9.17, 15) is 0 Å². The predicted octanol–water partition coefficient (Wildman–Crippen LogP) is 3.17. The molecule has 0 aromatic rings. The van der Waals surface area contributed by atoms with Gasteiger partial charge in [0.25, 0.3) is 0 Å². The second kappa shape index (κ2) is 4.30. The summed E-state index contributed by atoms with van der Waals surface area (Å²) in [6, 6.07) is 0. The minimum atomic E-state index is 0.233. The molecule has 0 aromatic carbocycles. The Kier molecular flexibility index (Phi) is 3.76. The maximum absolute atomic E-state index is 5.82. The van der Waals surface area contributed by atoms with E-state index in [4.69, 9.17) is 4.74 Å². The van der Waals surface area contributed by atoms with Crippen LogP contribution in [-0.4, -0.2) is 36.7 Å². The molecule has 1 rings (SSSR count). The summed E-state index contributed by atoms with van der Waals surface area (Å²) in [6.07, 6.45) is 0. The van der Waals surface area contributed by atoms with Gasteiger partial charge >= 0.3 is 0 Å². The summed E-state index contributed by atoms with van der Waals surface area (Å²) in [4.78, 5) is 2.56. The third kappa shape index (κ3) is 2.98. The molecule has 1 fully saturated rings. The van der Waals surface area contributed by atoms with Crippen molar-refractivity contribution >= 4 is 0 Å². The van der Waals surface area contributed by atoms with E-state index in [1.807, 2.05) is 0 Å². The molecule has 96 valence electrons. The zero-order valence-electron chi connectivity index (χ0n) is 12.2. The molecule has 1 atom stereocenters. The van der Waals surface area contributed by atoms with Gasteiger partial charge in [-0.25, -0.2) is 0 Å². The van der Waals surface area contributed by atoms with Crippen molar-refractivity contribution in [3.63, 3.8) is 0 Å². The van der Waals surface area contributed by atoms with E-state index in [0.29, 0.717) is 0 Å². The number of hydrogen-bond acceptors (Lipinski definition) is 2. The summed E-state index contributed by atoms with van der Waals surface area (Å²) in [5.41, 5.74) is 0.748. The minimum absolute atomic E-state index is 0.233. The van der Waals surface area contributed by atoms with Gasteiger partial charge in [0.2, 0.25) is 0 Å². The van der Waals surface area contributed by atoms with Crippen LogP contribution in [0.2, 0.25) is 0 Å². The summed E-state index contributed by atoms with van der Waals surface area (Å²) in [5.74, 6) is 0. The first kappa shape index (κ1) is 14.0. The standard InChI is InChI=1S/C14H29NO/c1-12(2,3)14(7)10-15(13(4,5)6)8-9-16-11-14/h8-11H2,1-7H3. The molecular weight excluding hydrogens is 198 g/mol. The highest BCUT2D eigenvalue weighted by Gasteiger charge is 2.42. The van der Waals surface area contributed by atoms with Gasteiger partial charge in [0.05, 0.1) is 13.2 Å². The van der Waals surface area contributed by atoms with E-state index in [1.54, 1.807) is 0 Å². The second-order valence-electron chi connectivity index (χ2n) is 7.46. The van der Waals surface area contributed by atoms with Gasteiger partial charge in [0, 0.05) is 24.0 Å². The highest BCUT2D eigenvalue weighted by Crippen LogP contribution is 2.41. The van der Waals surface area contributed by atoms with Crippen LogP contribution in [0.1, 0.15) is 48.5 Å². The van der Waals surface area contributed by atoms with Crippen molar-refractivity contribution in [3.8, 4) is 0 Å². The Labute approximate surface area is 101 Å². The van der Waals surface area contributed by atoms with Crippen molar-refractivity contribution in [2.75, 3.05) is 26.3 Å². The van der Waals surface area contributed by atoms with Gasteiger partial charge < -0.3 is 4.74 Å². The summed E-state index contributed by atoms with van der Waals surface area (Å²) in [5, 5.41) is 0. The summed E-state index contributed by atoms with van der Waals surface area (Å²) in [6.45, 7) is 20.1. The van der Waals surface area contributed by atoms with Gasteiger partial charge in [-0.15, -0.1) is 0 Å². The zero-order chi connectivity index (χ0) is 12.6. The van der Waals surface area contributed by atoms with Crippen molar-refractivity contribution in [2.24, 2.45) is 10.8 Å². The van der Waals surface area contributed by atoms with Crippen molar-refractivity contribution < 1.29 is 4.74 Å². The minimum Gasteiger partial charge on any atom is -0.379 e. The van der Waals surface area contributed by atoms with Crippen molar-refractivity contribution in [3.05, 3.63) is 0 Å². The highest BCUT2D eigenvalue weighted by molar-refractivity contribution is 4.93. The largest absolute Gasteiger partial charge is 0.379 e. The fraction of sp³-hybridized carbons (Fsp3) is 1.00. The molecule has 1 aliphatic rings. The molecule has 0 aromatic heterocycles. The average molecular weight is 227 g/mol. The summed E-state index contributed by atoms with van der Waals surface area (Å²) < 4.78 is 5.82. The van der Waals surface area contributed by atoms with E-state index < -0.39 is 0 Å². The van der Waals surface area contributed by atoms with Crippen LogP contribution >= 0.6 is 0 Å². The van der Waals surface area contributed by atoms with E-state index in [0.717, 1.165) is 26.3 Å². The van der Waals surface area contributed by atoms with Crippen molar-refractivity contribution in [1.29, 1.82) is 0 Å². The number of nitrogens with zero attached hydrogens (tertiary/aromatic N) is 1. The fourth-order valence-corrected chi connectivity index (χ4v) is 2.04. The first-order valence-corrected chi connectivity index (χ1v) is 6.39. The lowest BCUT2D eigenvalue weighted by Crippen LogP contribution is -2.51. The Morgan fingerprint density at radius 2 is 1.62 bits per heavy atom. The Bertz CT molecular complexity index is 236. The van der Waals surface area contributed by atoms with Crippen LogP contribution in [0.25, 0.3) is 0 Å². The van der Waals surface area contributed by atoms with Crippen molar-refractivity contribution in [1.82, 2.24) is 4.90 Å². The van der Waals surface area contributed by atoms with Gasteiger partial charge in [-0.1, -0.05) is 27.7 Å². The first-order valence-electron chi connectivity index (χ1n) is 6.39. The second-order valence-corrected chi connectivity index (χ2v) is 7.46. The molecule has 1 aliphatic heterocycles. The van der Waals surface area contributed by atoms with Gasteiger partial charge in [-0.2, -0.15) is 0 Å². The number of hydrogen-bond donors (Lipinski definition) is 0. The van der Waals surface area contributed by atoms with E-state index >= 15 is 0 Å². The Hall–Kier alpha value is -0.0800. The molecular formula is C14H29NO. The molecule has 0 radical (unpaired) electrons. The monoisotopic (exact) mass is 227 g/mol. The van der Waals surface area contributed by atoms with Gasteiger partial charge in [-0.05, 0) is 26.2 Å². The van der Waals surface area contributed by atoms with Gasteiger partial charge in [0.15, 0.2) is 0 Å². The molecule has 1 heterocycles. The van der Waals surface area contributed by atoms with Crippen LogP contribution in [0.4, 0.5) is 0 Å². The molecule has 1 unspecified atom stereocenters. The molecule has 0 saturated carbocycles. The molecule has 2 nitrogen and oxygen atoms in total. The van der Waals surface area contributed by atoms with Crippen LogP contribution in [0.3, 0.4) is 0 Å². The zero-order valence-corrected chi connectivity index (χ0v) is 12.2. The highest BCUT2D eigenvalue weighted by atomic mass is 16.5. The lowest BCUT2D eigenvalue weighted by Gasteiger charge is -2.46. The number of rotatable bonds is 0. The quantitative estimate of drug-likeness (QED) is 0.630. The van der Waals surface area contributed by atoms with E-state index in [2.05, 4.69) is 53.4 Å². The molecule has 0 spiro atoms. The molecule has 0 bridgehead atoms. The lowest BCUT2D eigenvalue weighted by atomic mass is 9.68. The third-order valence-electron chi connectivity index (χ3n) is 4.23. The normalized spacial score (nSPS) is 30.2. The topological polar surface area (TPSA) is 12.5 Å². The smallest absolute Gasteiger partial charge is 0.0593 e. The van der Waals surface area contributed by atoms with Gasteiger partial charge in [0.1, 0.15) is 0 Å². The Morgan fingerprint density at radius 3 is 2.06 bits per heavy atom. The number of ether oxygens (including phenoxy) is 1. The molecule has 0 N–H and O–H groups in total. The Morgan fingerprint density at radius 1 is 1.06 bits per heavy atom. The van der Waals surface area contributed by atoms with Crippen molar-refractivity contribution in [2.45, 2.75) is 54.0 Å². The molecule has 2 heteroatoms. The molecule has 1 saturated heterocycles. The predicted molar refractivity (Wildman–Crippen MR) is 69.7 cm³/mol. The average Bonchev–Trinajstić information content (AvgIpc) is 2.25. The summed E-state index contributed by atoms with van der Waals surface area (Å²) >= 11 is 0. The van der Waals surface area contributed by atoms with E-state index in [-0.39, 0.29) is 16.4 Å². The Balaban J connectivity index is 2.89. The fourth-order valence-electron chi connectivity index (χ4n) is 2.04. The maximum atomic E-state index is 5.82. The van der Waals surface area contributed by atoms with E-state index in [1.165, 1.54) is 0 Å². The van der Waals surface area contributed by atoms with Crippen LogP contribution in [0.15, 0.2) is 0 Å². The summed E-state index contributed by atoms with van der Waals surface area (Å²) in [7, 11) is 0. The first-order chi connectivity index (χ1) is 7.06. The molecule has 16 heavy (non-hydrogen) atoms. The van der Waals surface area contributed by atoms with Crippen LogP contribution in [0.5, 0.6) is 0 Å². The van der Waals surface area contributed by atoms with Crippen LogP contribution in [-0.2, 0) is 4.74 Å². The third-order valence-corrected chi connectivity index (χ3v) is 4.23. The van der Waals surface area contributed by atoms with Gasteiger partial charge in [-0.3, -0.25) is 4.90 Å². The molecule has 0 amide bonds.